The number of rotatable bonds is 14. The number of para-hydroxylation sites is 1. The summed E-state index contributed by atoms with van der Waals surface area (Å²) in [7, 11) is -1.88. The molecule has 0 aliphatic heterocycles. The molecule has 0 aromatic heterocycles. The van der Waals surface area contributed by atoms with Crippen LogP contribution in [0.25, 0.3) is 0 Å². The minimum atomic E-state index is -1.88. The van der Waals surface area contributed by atoms with Gasteiger partial charge >= 0.3 is 8.56 Å². The molecule has 0 radical (unpaired) electrons. The first-order chi connectivity index (χ1) is 11.2. The van der Waals surface area contributed by atoms with Crippen molar-refractivity contribution >= 4 is 14.2 Å². The molecule has 132 valence electrons. The van der Waals surface area contributed by atoms with Crippen LogP contribution in [0.3, 0.4) is 0 Å². The van der Waals surface area contributed by atoms with Crippen LogP contribution in [-0.4, -0.2) is 28.3 Å². The van der Waals surface area contributed by atoms with Gasteiger partial charge in [0.05, 0.1) is 0 Å². The van der Waals surface area contributed by atoms with E-state index < -0.39 is 8.56 Å². The van der Waals surface area contributed by atoms with Gasteiger partial charge in [-0.05, 0) is 45.0 Å². The fourth-order valence-corrected chi connectivity index (χ4v) is 5.35. The summed E-state index contributed by atoms with van der Waals surface area (Å²) in [5.74, 6) is 0. The molecule has 0 amide bonds. The predicted octanol–water partition coefficient (Wildman–Crippen LogP) is 5.58. The van der Waals surface area contributed by atoms with Gasteiger partial charge in [-0.2, -0.15) is 0 Å². The van der Waals surface area contributed by atoms with Gasteiger partial charge in [0.25, 0.3) is 0 Å². The molecular formula is C19H35NO2Si. The first-order valence-corrected chi connectivity index (χ1v) is 11.8. The van der Waals surface area contributed by atoms with Crippen molar-refractivity contribution in [3.8, 4) is 0 Å². The third-order valence-electron chi connectivity index (χ3n) is 4.06. The van der Waals surface area contributed by atoms with Crippen molar-refractivity contribution in [1.82, 2.24) is 0 Å². The van der Waals surface area contributed by atoms with E-state index in [0.717, 1.165) is 25.8 Å². The van der Waals surface area contributed by atoms with Gasteiger partial charge in [0.1, 0.15) is 0 Å². The maximum absolute atomic E-state index is 5.88. The summed E-state index contributed by atoms with van der Waals surface area (Å²) in [6.07, 6.45) is 7.76. The minimum absolute atomic E-state index is 0.775. The number of nitrogens with one attached hydrogen (secondary N) is 1. The Morgan fingerprint density at radius 3 is 2.00 bits per heavy atom. The van der Waals surface area contributed by atoms with Gasteiger partial charge in [-0.1, -0.05) is 50.3 Å². The molecule has 4 heteroatoms. The third kappa shape index (κ3) is 9.79. The molecule has 0 atom stereocenters. The molecule has 1 aromatic rings. The van der Waals surface area contributed by atoms with Gasteiger partial charge < -0.3 is 14.2 Å². The van der Waals surface area contributed by atoms with E-state index >= 15 is 0 Å². The maximum atomic E-state index is 5.88. The lowest BCUT2D eigenvalue weighted by Gasteiger charge is -2.25. The fraction of sp³-hybridized carbons (Fsp3) is 0.684. The van der Waals surface area contributed by atoms with Gasteiger partial charge in [0, 0.05) is 25.4 Å². The molecule has 23 heavy (non-hydrogen) atoms. The molecule has 0 saturated carbocycles. The second-order valence-electron chi connectivity index (χ2n) is 6.16. The summed E-state index contributed by atoms with van der Waals surface area (Å²) in [6.45, 7) is 8.95. The van der Waals surface area contributed by atoms with E-state index in [4.69, 9.17) is 8.85 Å². The molecule has 0 fully saturated rings. The zero-order chi connectivity index (χ0) is 16.8. The van der Waals surface area contributed by atoms with Crippen molar-refractivity contribution in [1.29, 1.82) is 0 Å². The third-order valence-corrected chi connectivity index (χ3v) is 7.12. The van der Waals surface area contributed by atoms with E-state index in [2.05, 4.69) is 56.0 Å². The lowest BCUT2D eigenvalue weighted by molar-refractivity contribution is 0.188. The Morgan fingerprint density at radius 2 is 1.39 bits per heavy atom. The molecule has 3 nitrogen and oxygen atoms in total. The Kier molecular flexibility index (Phi) is 11.0. The fourth-order valence-electron chi connectivity index (χ4n) is 2.86. The Morgan fingerprint density at radius 1 is 0.826 bits per heavy atom. The molecule has 0 aliphatic rings. The first kappa shape index (κ1) is 20.2. The normalized spacial score (nSPS) is 11.6. The zero-order valence-electron chi connectivity index (χ0n) is 15.3. The van der Waals surface area contributed by atoms with Crippen molar-refractivity contribution in [2.75, 3.05) is 25.1 Å². The van der Waals surface area contributed by atoms with E-state index in [9.17, 15) is 0 Å². The van der Waals surface area contributed by atoms with E-state index in [1.807, 2.05) is 0 Å². The highest BCUT2D eigenvalue weighted by Gasteiger charge is 2.29. The van der Waals surface area contributed by atoms with Crippen LogP contribution in [0.2, 0.25) is 12.6 Å². The second kappa shape index (κ2) is 12.6. The van der Waals surface area contributed by atoms with Gasteiger partial charge in [-0.15, -0.1) is 0 Å². The first-order valence-electron chi connectivity index (χ1n) is 9.27. The standard InChI is InChI=1S/C19H35NO2Si/c1-4-21-23(3,22-5-2)18-14-9-7-6-8-13-17-20-19-15-11-10-12-16-19/h10-12,15-16,20H,4-9,13-14,17-18H2,1-3H3. The second-order valence-corrected chi connectivity index (χ2v) is 9.51. The molecule has 0 aliphatic carbocycles. The average molecular weight is 338 g/mol. The van der Waals surface area contributed by atoms with Crippen LogP contribution in [0.1, 0.15) is 52.4 Å². The van der Waals surface area contributed by atoms with Crippen LogP contribution in [0.15, 0.2) is 30.3 Å². The quantitative estimate of drug-likeness (QED) is 0.355. The monoisotopic (exact) mass is 337 g/mol. The van der Waals surface area contributed by atoms with Crippen molar-refractivity contribution in [2.45, 2.75) is 65.0 Å². The summed E-state index contributed by atoms with van der Waals surface area (Å²) in [4.78, 5) is 0. The largest absolute Gasteiger partial charge is 0.395 e. The van der Waals surface area contributed by atoms with Crippen molar-refractivity contribution in [3.63, 3.8) is 0 Å². The number of benzene rings is 1. The van der Waals surface area contributed by atoms with Gasteiger partial charge in [-0.25, -0.2) is 0 Å². The molecule has 0 heterocycles. The number of hydrogen-bond acceptors (Lipinski definition) is 3. The van der Waals surface area contributed by atoms with Crippen LogP contribution >= 0.6 is 0 Å². The summed E-state index contributed by atoms with van der Waals surface area (Å²) < 4.78 is 11.8. The highest BCUT2D eigenvalue weighted by atomic mass is 28.4. The van der Waals surface area contributed by atoms with Gasteiger partial charge in [0.2, 0.25) is 0 Å². The van der Waals surface area contributed by atoms with Crippen molar-refractivity contribution in [3.05, 3.63) is 30.3 Å². The van der Waals surface area contributed by atoms with E-state index in [-0.39, 0.29) is 0 Å². The average Bonchev–Trinajstić information content (AvgIpc) is 2.55. The molecule has 1 rings (SSSR count). The smallest absolute Gasteiger partial charge is 0.334 e. The van der Waals surface area contributed by atoms with Gasteiger partial charge in [-0.3, -0.25) is 0 Å². The van der Waals surface area contributed by atoms with Crippen LogP contribution in [-0.2, 0) is 8.85 Å². The van der Waals surface area contributed by atoms with Crippen molar-refractivity contribution < 1.29 is 8.85 Å². The summed E-state index contributed by atoms with van der Waals surface area (Å²) in [5, 5.41) is 3.47. The Bertz CT molecular complexity index is 380. The highest BCUT2D eigenvalue weighted by Crippen LogP contribution is 2.19. The molecular weight excluding hydrogens is 302 g/mol. The highest BCUT2D eigenvalue weighted by molar-refractivity contribution is 6.66. The van der Waals surface area contributed by atoms with Crippen LogP contribution in [0, 0.1) is 0 Å². The number of hydrogen-bond donors (Lipinski definition) is 1. The lowest BCUT2D eigenvalue weighted by Crippen LogP contribution is -2.38. The summed E-state index contributed by atoms with van der Waals surface area (Å²) >= 11 is 0. The molecule has 0 spiro atoms. The summed E-state index contributed by atoms with van der Waals surface area (Å²) in [5.41, 5.74) is 1.23. The molecule has 0 saturated heterocycles. The minimum Gasteiger partial charge on any atom is -0.395 e. The predicted molar refractivity (Wildman–Crippen MR) is 102 cm³/mol. The van der Waals surface area contributed by atoms with Crippen molar-refractivity contribution in [2.24, 2.45) is 0 Å². The number of unbranched alkanes of at least 4 members (excludes halogenated alkanes) is 5. The Balaban J connectivity index is 1.96. The zero-order valence-corrected chi connectivity index (χ0v) is 16.3. The molecule has 0 unspecified atom stereocenters. The Hall–Kier alpha value is -0.843. The van der Waals surface area contributed by atoms with Gasteiger partial charge in [0.15, 0.2) is 0 Å². The van der Waals surface area contributed by atoms with Crippen LogP contribution in [0.4, 0.5) is 5.69 Å². The van der Waals surface area contributed by atoms with Crippen LogP contribution < -0.4 is 5.32 Å². The maximum Gasteiger partial charge on any atom is 0.334 e. The van der Waals surface area contributed by atoms with E-state index in [0.29, 0.717) is 0 Å². The lowest BCUT2D eigenvalue weighted by atomic mass is 10.1. The van der Waals surface area contributed by atoms with Crippen LogP contribution in [0.5, 0.6) is 0 Å². The molecule has 0 bridgehead atoms. The SMILES string of the molecule is CCO[Si](C)(CCCCCCCCNc1ccccc1)OCC. The molecule has 1 aromatic carbocycles. The topological polar surface area (TPSA) is 30.5 Å². The Labute approximate surface area is 144 Å². The van der Waals surface area contributed by atoms with E-state index in [1.54, 1.807) is 0 Å². The number of anilines is 1. The summed E-state index contributed by atoms with van der Waals surface area (Å²) in [6, 6.07) is 11.6. The molecule has 1 N–H and O–H groups in total. The van der Waals surface area contributed by atoms with E-state index in [1.165, 1.54) is 44.2 Å².